The summed E-state index contributed by atoms with van der Waals surface area (Å²) in [4.78, 5) is 13.0. The fourth-order valence-corrected chi connectivity index (χ4v) is 5.36. The smallest absolute Gasteiger partial charge is 0.0346 e. The quantitative estimate of drug-likeness (QED) is 0.196. The minimum absolute atomic E-state index is 1.10. The Hall–Kier alpha value is -5.67. The average Bonchev–Trinajstić information content (AvgIpc) is 3.13. The average molecular weight is 582 g/mol. The van der Waals surface area contributed by atoms with Crippen molar-refractivity contribution in [3.05, 3.63) is 165 Å². The largest absolute Gasteiger partial charge is 0.264 e. The first-order chi connectivity index (χ1) is 22.2. The van der Waals surface area contributed by atoms with E-state index in [9.17, 15) is 0 Å². The van der Waals surface area contributed by atoms with Gasteiger partial charge in [0.25, 0.3) is 0 Å². The molecule has 7 rings (SSSR count). The molecular formula is C42H35N3. The molecule has 0 saturated carbocycles. The molecule has 0 unspecified atom stereocenters. The lowest BCUT2D eigenvalue weighted by molar-refractivity contribution is 1.09. The Morgan fingerprint density at radius 2 is 0.533 bits per heavy atom. The van der Waals surface area contributed by atoms with Gasteiger partial charge in [-0.1, -0.05) is 93.1 Å². The van der Waals surface area contributed by atoms with Gasteiger partial charge in [-0.3, -0.25) is 15.0 Å². The van der Waals surface area contributed by atoms with Gasteiger partial charge >= 0.3 is 0 Å². The minimum atomic E-state index is 1.10. The van der Waals surface area contributed by atoms with Crippen LogP contribution < -0.4 is 0 Å². The molecule has 218 valence electrons. The summed E-state index contributed by atoms with van der Waals surface area (Å²) in [7, 11) is 0. The van der Waals surface area contributed by atoms with Crippen LogP contribution in [-0.4, -0.2) is 15.0 Å². The van der Waals surface area contributed by atoms with Crippen LogP contribution in [0.5, 0.6) is 0 Å². The zero-order chi connectivity index (χ0) is 30.8. The van der Waals surface area contributed by atoms with Gasteiger partial charge in [-0.25, -0.2) is 0 Å². The first-order valence-electron chi connectivity index (χ1n) is 15.4. The molecule has 0 saturated heterocycles. The predicted molar refractivity (Wildman–Crippen MR) is 188 cm³/mol. The second kappa shape index (κ2) is 14.2. The maximum atomic E-state index is 4.33. The van der Waals surface area contributed by atoms with E-state index in [4.69, 9.17) is 0 Å². The van der Waals surface area contributed by atoms with Gasteiger partial charge in [0.2, 0.25) is 0 Å². The monoisotopic (exact) mass is 581 g/mol. The highest BCUT2D eigenvalue weighted by atomic mass is 14.6. The number of aromatic nitrogens is 3. The van der Waals surface area contributed by atoms with E-state index >= 15 is 0 Å². The summed E-state index contributed by atoms with van der Waals surface area (Å²) in [5, 5.41) is 0. The number of rotatable bonds is 6. The molecule has 0 fully saturated rings. The van der Waals surface area contributed by atoms with E-state index < -0.39 is 0 Å². The van der Waals surface area contributed by atoms with Crippen molar-refractivity contribution in [3.63, 3.8) is 0 Å². The maximum Gasteiger partial charge on any atom is 0.0346 e. The molecule has 4 aromatic carbocycles. The van der Waals surface area contributed by atoms with Gasteiger partial charge in [0.05, 0.1) is 0 Å². The molecule has 45 heavy (non-hydrogen) atoms. The molecule has 3 nitrogen and oxygen atoms in total. The standard InChI is InChI=1S/C39H27N3.C3H8/c1-7-28(34-13-4-16-40-25-34)19-31(10-1)37-22-38(32-11-2-8-29(20-32)35-14-5-17-41-26-35)24-39(23-37)33-12-3-9-30(21-33)36-15-6-18-42-27-36;1-3-2/h1-27H;3H2,1-2H3. The van der Waals surface area contributed by atoms with Crippen LogP contribution in [0.1, 0.15) is 20.3 Å². The van der Waals surface area contributed by atoms with Gasteiger partial charge < -0.3 is 0 Å². The molecule has 3 heterocycles. The highest BCUT2D eigenvalue weighted by molar-refractivity contribution is 5.85. The van der Waals surface area contributed by atoms with E-state index in [1.54, 1.807) is 0 Å². The van der Waals surface area contributed by atoms with Crippen LogP contribution in [0.2, 0.25) is 0 Å². The molecule has 0 aliphatic rings. The second-order valence-corrected chi connectivity index (χ2v) is 11.0. The van der Waals surface area contributed by atoms with E-state index in [2.05, 4.69) is 138 Å². The molecule has 7 aromatic rings. The number of hydrogen-bond donors (Lipinski definition) is 0. The molecule has 0 aliphatic carbocycles. The summed E-state index contributed by atoms with van der Waals surface area (Å²) < 4.78 is 0. The van der Waals surface area contributed by atoms with Crippen LogP contribution in [0.15, 0.2) is 165 Å². The van der Waals surface area contributed by atoms with Crippen LogP contribution in [0.3, 0.4) is 0 Å². The normalized spacial score (nSPS) is 10.5. The lowest BCUT2D eigenvalue weighted by atomic mass is 9.91. The van der Waals surface area contributed by atoms with Crippen molar-refractivity contribution in [2.24, 2.45) is 0 Å². The first kappa shape index (κ1) is 29.4. The summed E-state index contributed by atoms with van der Waals surface area (Å²) in [5.41, 5.74) is 13.7. The molecule has 0 amide bonds. The fraction of sp³-hybridized carbons (Fsp3) is 0.0714. The first-order valence-corrected chi connectivity index (χ1v) is 15.4. The zero-order valence-electron chi connectivity index (χ0n) is 25.6. The lowest BCUT2D eigenvalue weighted by Crippen LogP contribution is -1.89. The van der Waals surface area contributed by atoms with Crippen molar-refractivity contribution in [3.8, 4) is 66.8 Å². The van der Waals surface area contributed by atoms with Crippen molar-refractivity contribution in [1.29, 1.82) is 0 Å². The summed E-state index contributed by atoms with van der Waals surface area (Å²) in [6.07, 6.45) is 12.4. The molecular weight excluding hydrogens is 546 g/mol. The number of pyridine rings is 3. The van der Waals surface area contributed by atoms with Gasteiger partial charge in [-0.2, -0.15) is 0 Å². The molecule has 0 atom stereocenters. The van der Waals surface area contributed by atoms with Gasteiger partial charge in [0.15, 0.2) is 0 Å². The van der Waals surface area contributed by atoms with Crippen molar-refractivity contribution < 1.29 is 0 Å². The van der Waals surface area contributed by atoms with Crippen LogP contribution in [0.25, 0.3) is 66.8 Å². The van der Waals surface area contributed by atoms with Crippen LogP contribution in [0.4, 0.5) is 0 Å². The fourth-order valence-electron chi connectivity index (χ4n) is 5.36. The Labute approximate surface area is 266 Å². The number of nitrogens with zero attached hydrogens (tertiary/aromatic N) is 3. The third-order valence-electron chi connectivity index (χ3n) is 7.51. The van der Waals surface area contributed by atoms with Gasteiger partial charge in [0, 0.05) is 53.9 Å². The van der Waals surface area contributed by atoms with E-state index in [-0.39, 0.29) is 0 Å². The lowest BCUT2D eigenvalue weighted by Gasteiger charge is -2.14. The molecule has 0 N–H and O–H groups in total. The minimum Gasteiger partial charge on any atom is -0.264 e. The number of benzene rings is 4. The Morgan fingerprint density at radius 3 is 0.778 bits per heavy atom. The molecule has 0 radical (unpaired) electrons. The highest BCUT2D eigenvalue weighted by Gasteiger charge is 2.11. The molecule has 0 aliphatic heterocycles. The predicted octanol–water partition coefficient (Wildman–Crippen LogP) is 11.3. The Morgan fingerprint density at radius 1 is 0.311 bits per heavy atom. The van der Waals surface area contributed by atoms with Crippen molar-refractivity contribution in [1.82, 2.24) is 15.0 Å². The van der Waals surface area contributed by atoms with Crippen molar-refractivity contribution in [2.75, 3.05) is 0 Å². The summed E-state index contributed by atoms with van der Waals surface area (Å²) >= 11 is 0. The van der Waals surface area contributed by atoms with E-state index in [0.717, 1.165) is 66.8 Å². The van der Waals surface area contributed by atoms with Crippen molar-refractivity contribution >= 4 is 0 Å². The molecule has 3 aromatic heterocycles. The van der Waals surface area contributed by atoms with E-state index in [1.165, 1.54) is 6.42 Å². The van der Waals surface area contributed by atoms with Gasteiger partial charge in [-0.05, 0) is 105 Å². The van der Waals surface area contributed by atoms with Gasteiger partial charge in [-0.15, -0.1) is 0 Å². The Bertz CT molecular complexity index is 1740. The highest BCUT2D eigenvalue weighted by Crippen LogP contribution is 2.36. The third-order valence-corrected chi connectivity index (χ3v) is 7.51. The summed E-state index contributed by atoms with van der Waals surface area (Å²) in [6.45, 7) is 4.25. The molecule has 0 spiro atoms. The zero-order valence-corrected chi connectivity index (χ0v) is 25.6. The van der Waals surface area contributed by atoms with Crippen LogP contribution >= 0.6 is 0 Å². The van der Waals surface area contributed by atoms with Gasteiger partial charge in [0.1, 0.15) is 0 Å². The van der Waals surface area contributed by atoms with E-state index in [1.807, 2.05) is 55.4 Å². The Balaban J connectivity index is 0.00000115. The third kappa shape index (κ3) is 7.11. The molecule has 0 bridgehead atoms. The second-order valence-electron chi connectivity index (χ2n) is 11.0. The topological polar surface area (TPSA) is 38.7 Å². The maximum absolute atomic E-state index is 4.33. The summed E-state index contributed by atoms with van der Waals surface area (Å²) in [5.74, 6) is 0. The number of hydrogen-bond acceptors (Lipinski definition) is 3. The van der Waals surface area contributed by atoms with E-state index in [0.29, 0.717) is 0 Å². The SMILES string of the molecule is CCC.c1cncc(-c2cccc(-c3cc(-c4cccc(-c5cccnc5)c4)cc(-c4cccc(-c5cccnc5)c4)c3)c2)c1. The molecule has 3 heteroatoms. The van der Waals surface area contributed by atoms with Crippen LogP contribution in [0, 0.1) is 0 Å². The van der Waals surface area contributed by atoms with Crippen molar-refractivity contribution in [2.45, 2.75) is 20.3 Å². The van der Waals surface area contributed by atoms with Crippen LogP contribution in [-0.2, 0) is 0 Å². The Kier molecular flexibility index (Phi) is 9.28. The summed E-state index contributed by atoms with van der Waals surface area (Å²) in [6, 6.07) is 45.2.